The Morgan fingerprint density at radius 3 is 2.81 bits per heavy atom. The van der Waals surface area contributed by atoms with Crippen LogP contribution in [0.15, 0.2) is 18.2 Å². The van der Waals surface area contributed by atoms with E-state index < -0.39 is 0 Å². The van der Waals surface area contributed by atoms with Crippen molar-refractivity contribution in [1.29, 1.82) is 0 Å². The van der Waals surface area contributed by atoms with E-state index >= 15 is 0 Å². The SMILES string of the molecule is NCc1cccc2[nH]c(C3CCC3)c(Cl)c12. The van der Waals surface area contributed by atoms with Gasteiger partial charge in [0.1, 0.15) is 0 Å². The van der Waals surface area contributed by atoms with Crippen LogP contribution in [0.4, 0.5) is 0 Å². The van der Waals surface area contributed by atoms with E-state index in [2.05, 4.69) is 11.1 Å². The first-order valence-electron chi connectivity index (χ1n) is 5.80. The minimum Gasteiger partial charge on any atom is -0.357 e. The lowest BCUT2D eigenvalue weighted by Gasteiger charge is -2.24. The maximum atomic E-state index is 6.46. The summed E-state index contributed by atoms with van der Waals surface area (Å²) in [5, 5.41) is 2.01. The second-order valence-electron chi connectivity index (χ2n) is 4.52. The van der Waals surface area contributed by atoms with Crippen LogP contribution in [0.5, 0.6) is 0 Å². The van der Waals surface area contributed by atoms with Gasteiger partial charge in [-0.3, -0.25) is 0 Å². The molecule has 0 radical (unpaired) electrons. The molecule has 2 nitrogen and oxygen atoms in total. The average Bonchev–Trinajstić information content (AvgIpc) is 2.54. The lowest BCUT2D eigenvalue weighted by Crippen LogP contribution is -2.09. The predicted molar refractivity (Wildman–Crippen MR) is 67.8 cm³/mol. The van der Waals surface area contributed by atoms with Crippen molar-refractivity contribution >= 4 is 22.5 Å². The molecule has 1 fully saturated rings. The second kappa shape index (κ2) is 3.79. The van der Waals surface area contributed by atoms with E-state index in [1.807, 2.05) is 12.1 Å². The number of benzene rings is 1. The molecule has 1 heterocycles. The standard InChI is InChI=1S/C13H15ClN2/c14-12-11-9(7-15)5-2-6-10(11)16-13(12)8-3-1-4-8/h2,5-6,8,16H,1,3-4,7,15H2. The Labute approximate surface area is 99.8 Å². The van der Waals surface area contributed by atoms with Crippen molar-refractivity contribution in [2.75, 3.05) is 0 Å². The van der Waals surface area contributed by atoms with Crippen LogP contribution in [0, 0.1) is 0 Å². The number of halogens is 1. The van der Waals surface area contributed by atoms with Gasteiger partial charge in [0, 0.05) is 29.1 Å². The lowest BCUT2D eigenvalue weighted by atomic mass is 9.83. The summed E-state index contributed by atoms with van der Waals surface area (Å²) in [5.41, 5.74) is 9.21. The van der Waals surface area contributed by atoms with Gasteiger partial charge in [0.25, 0.3) is 0 Å². The third-order valence-electron chi connectivity index (χ3n) is 3.61. The number of fused-ring (bicyclic) bond motifs is 1. The minimum absolute atomic E-state index is 0.541. The van der Waals surface area contributed by atoms with Gasteiger partial charge in [-0.15, -0.1) is 0 Å². The zero-order valence-electron chi connectivity index (χ0n) is 9.09. The van der Waals surface area contributed by atoms with Crippen molar-refractivity contribution in [3.63, 3.8) is 0 Å². The van der Waals surface area contributed by atoms with E-state index in [4.69, 9.17) is 17.3 Å². The molecule has 0 amide bonds. The first-order valence-corrected chi connectivity index (χ1v) is 6.18. The molecule has 16 heavy (non-hydrogen) atoms. The molecular weight excluding hydrogens is 220 g/mol. The van der Waals surface area contributed by atoms with E-state index in [9.17, 15) is 0 Å². The third-order valence-corrected chi connectivity index (χ3v) is 4.00. The smallest absolute Gasteiger partial charge is 0.0698 e. The highest BCUT2D eigenvalue weighted by atomic mass is 35.5. The van der Waals surface area contributed by atoms with Crippen molar-refractivity contribution in [3.05, 3.63) is 34.5 Å². The van der Waals surface area contributed by atoms with Gasteiger partial charge in [0.15, 0.2) is 0 Å². The first kappa shape index (κ1) is 10.2. The Balaban J connectivity index is 2.21. The highest BCUT2D eigenvalue weighted by Gasteiger charge is 2.25. The van der Waals surface area contributed by atoms with Crippen LogP contribution in [-0.4, -0.2) is 4.98 Å². The van der Waals surface area contributed by atoms with Crippen molar-refractivity contribution in [3.8, 4) is 0 Å². The molecule has 2 aromatic rings. The Bertz CT molecular complexity index is 526. The Morgan fingerprint density at radius 1 is 1.38 bits per heavy atom. The number of nitrogens with one attached hydrogen (secondary N) is 1. The Hall–Kier alpha value is -0.990. The lowest BCUT2D eigenvalue weighted by molar-refractivity contribution is 0.413. The number of H-pyrrole nitrogens is 1. The van der Waals surface area contributed by atoms with Gasteiger partial charge in [-0.05, 0) is 24.5 Å². The molecule has 1 aliphatic carbocycles. The third kappa shape index (κ3) is 1.37. The molecule has 3 N–H and O–H groups in total. The van der Waals surface area contributed by atoms with E-state index in [0.29, 0.717) is 12.5 Å². The largest absolute Gasteiger partial charge is 0.357 e. The van der Waals surface area contributed by atoms with Crippen LogP contribution in [0.2, 0.25) is 5.02 Å². The fourth-order valence-corrected chi connectivity index (χ4v) is 2.87. The number of hydrogen-bond acceptors (Lipinski definition) is 1. The molecule has 84 valence electrons. The summed E-state index contributed by atoms with van der Waals surface area (Å²) < 4.78 is 0. The number of aromatic nitrogens is 1. The number of nitrogens with two attached hydrogens (primary N) is 1. The molecule has 1 saturated carbocycles. The molecule has 0 unspecified atom stereocenters. The van der Waals surface area contributed by atoms with Gasteiger partial charge in [0.2, 0.25) is 0 Å². The van der Waals surface area contributed by atoms with E-state index in [1.165, 1.54) is 25.0 Å². The van der Waals surface area contributed by atoms with Gasteiger partial charge < -0.3 is 10.7 Å². The molecule has 1 aromatic heterocycles. The molecule has 0 atom stereocenters. The summed E-state index contributed by atoms with van der Waals surface area (Å²) in [7, 11) is 0. The summed E-state index contributed by atoms with van der Waals surface area (Å²) in [6.45, 7) is 0.541. The predicted octanol–water partition coefficient (Wildman–Crippen LogP) is 3.55. The van der Waals surface area contributed by atoms with E-state index in [0.717, 1.165) is 21.5 Å². The normalized spacial score (nSPS) is 16.6. The zero-order valence-corrected chi connectivity index (χ0v) is 9.85. The maximum Gasteiger partial charge on any atom is 0.0698 e. The van der Waals surface area contributed by atoms with Crippen LogP contribution >= 0.6 is 11.6 Å². The molecule has 0 spiro atoms. The molecule has 0 bridgehead atoms. The van der Waals surface area contributed by atoms with Crippen molar-refractivity contribution < 1.29 is 0 Å². The zero-order chi connectivity index (χ0) is 11.1. The summed E-state index contributed by atoms with van der Waals surface area (Å²) in [5.74, 6) is 0.630. The summed E-state index contributed by atoms with van der Waals surface area (Å²) in [6.07, 6.45) is 3.83. The quantitative estimate of drug-likeness (QED) is 0.820. The summed E-state index contributed by atoms with van der Waals surface area (Å²) in [6, 6.07) is 6.15. The van der Waals surface area contributed by atoms with Crippen LogP contribution in [0.1, 0.15) is 36.4 Å². The first-order chi connectivity index (χ1) is 7.81. The fourth-order valence-electron chi connectivity index (χ4n) is 2.45. The van der Waals surface area contributed by atoms with E-state index in [-0.39, 0.29) is 0 Å². The highest BCUT2D eigenvalue weighted by molar-refractivity contribution is 6.36. The molecule has 1 aliphatic rings. The summed E-state index contributed by atoms with van der Waals surface area (Å²) in [4.78, 5) is 3.45. The number of rotatable bonds is 2. The van der Waals surface area contributed by atoms with Crippen molar-refractivity contribution in [2.24, 2.45) is 5.73 Å². The Kier molecular flexibility index (Phi) is 2.41. The van der Waals surface area contributed by atoms with Gasteiger partial charge >= 0.3 is 0 Å². The monoisotopic (exact) mass is 234 g/mol. The van der Waals surface area contributed by atoms with Crippen LogP contribution < -0.4 is 5.73 Å². The van der Waals surface area contributed by atoms with Gasteiger partial charge in [-0.2, -0.15) is 0 Å². The fraction of sp³-hybridized carbons (Fsp3) is 0.385. The maximum absolute atomic E-state index is 6.46. The van der Waals surface area contributed by atoms with Crippen LogP contribution in [0.25, 0.3) is 10.9 Å². The van der Waals surface area contributed by atoms with Crippen LogP contribution in [-0.2, 0) is 6.54 Å². The minimum atomic E-state index is 0.541. The topological polar surface area (TPSA) is 41.8 Å². The number of aromatic amines is 1. The van der Waals surface area contributed by atoms with Gasteiger partial charge in [-0.25, -0.2) is 0 Å². The molecule has 0 saturated heterocycles. The Morgan fingerprint density at radius 2 is 2.19 bits per heavy atom. The average molecular weight is 235 g/mol. The summed E-state index contributed by atoms with van der Waals surface area (Å²) >= 11 is 6.46. The number of hydrogen-bond donors (Lipinski definition) is 2. The van der Waals surface area contributed by atoms with E-state index in [1.54, 1.807) is 0 Å². The molecule has 0 aliphatic heterocycles. The van der Waals surface area contributed by atoms with Gasteiger partial charge in [-0.1, -0.05) is 30.2 Å². The van der Waals surface area contributed by atoms with Gasteiger partial charge in [0.05, 0.1) is 5.02 Å². The van der Waals surface area contributed by atoms with Crippen LogP contribution in [0.3, 0.4) is 0 Å². The second-order valence-corrected chi connectivity index (χ2v) is 4.90. The highest BCUT2D eigenvalue weighted by Crippen LogP contribution is 2.42. The molecule has 3 rings (SSSR count). The van der Waals surface area contributed by atoms with Crippen molar-refractivity contribution in [1.82, 2.24) is 4.98 Å². The molecule has 3 heteroatoms. The van der Waals surface area contributed by atoms with Crippen molar-refractivity contribution in [2.45, 2.75) is 31.7 Å². The molecule has 1 aromatic carbocycles. The molecular formula is C13H15ClN2.